The molecule has 0 aliphatic rings. The molecule has 0 atom stereocenters. The quantitative estimate of drug-likeness (QED) is 0.104. The zero-order valence-corrected chi connectivity index (χ0v) is 42.1. The molecule has 0 aliphatic heterocycles. The Bertz CT molecular complexity index is 4870. The van der Waals surface area contributed by atoms with Crippen LogP contribution in [0, 0.1) is 0 Å². The third kappa shape index (κ3) is 6.74. The highest BCUT2D eigenvalue weighted by atomic mass is 28.3. The number of furan rings is 1. The molecule has 0 unspecified atom stereocenters. The van der Waals surface area contributed by atoms with Crippen molar-refractivity contribution in [1.29, 1.82) is 0 Å². The molecular weight excluding hydrogens is 937 g/mol. The van der Waals surface area contributed by atoms with Crippen molar-refractivity contribution in [3.63, 3.8) is 0 Å². The number of aromatic nitrogens is 2. The molecule has 4 heteroatoms. The lowest BCUT2D eigenvalue weighted by atomic mass is 9.95. The fraction of sp³-hybridized carbons (Fsp3) is 0. The molecule has 0 aliphatic carbocycles. The van der Waals surface area contributed by atoms with E-state index in [0.717, 1.165) is 114 Å². The zero-order chi connectivity index (χ0) is 54.5. The SMILES string of the molecule is [2H]c1c([2H])c([2H])c(-c2cc([Si](c3ccccc3)(c3ccccc3)c3ccccc3)cc(-c3ccccc3)c2-n2c3ccccc3c3cc(-n4c5ccccc5c5cccc(-c6ccc7oc8ccccc8c7c6)c54)ccc32)c([2H])c1[2H]. The minimum Gasteiger partial charge on any atom is -0.456 e. The molecular formula is C72H48N2OSi. The van der Waals surface area contributed by atoms with Crippen LogP contribution in [0.15, 0.2) is 295 Å². The molecule has 15 rings (SSSR count). The van der Waals surface area contributed by atoms with E-state index in [1.165, 1.54) is 0 Å². The number of hydrogen-bond acceptors (Lipinski definition) is 1. The topological polar surface area (TPSA) is 23.0 Å². The molecule has 15 aromatic rings. The van der Waals surface area contributed by atoms with Gasteiger partial charge < -0.3 is 13.6 Å². The fourth-order valence-corrected chi connectivity index (χ4v) is 17.1. The summed E-state index contributed by atoms with van der Waals surface area (Å²) < 4.78 is 57.9. The van der Waals surface area contributed by atoms with E-state index in [0.29, 0.717) is 11.3 Å². The van der Waals surface area contributed by atoms with E-state index in [4.69, 9.17) is 5.79 Å². The van der Waals surface area contributed by atoms with Gasteiger partial charge in [0.05, 0.1) is 34.6 Å². The Morgan fingerprint density at radius 2 is 0.842 bits per heavy atom. The summed E-state index contributed by atoms with van der Waals surface area (Å²) in [6, 6.07) is 90.1. The maximum atomic E-state index is 9.82. The van der Waals surface area contributed by atoms with Crippen LogP contribution in [-0.4, -0.2) is 17.2 Å². The smallest absolute Gasteiger partial charge is 0.179 e. The van der Waals surface area contributed by atoms with Crippen molar-refractivity contribution < 1.29 is 11.3 Å². The number of hydrogen-bond donors (Lipinski definition) is 0. The molecule has 3 heterocycles. The van der Waals surface area contributed by atoms with Crippen molar-refractivity contribution in [1.82, 2.24) is 9.13 Å². The average Bonchev–Trinajstić information content (AvgIpc) is 4.37. The lowest BCUT2D eigenvalue weighted by molar-refractivity contribution is 0.669. The highest BCUT2D eigenvalue weighted by molar-refractivity contribution is 7.20. The molecule has 3 aromatic heterocycles. The lowest BCUT2D eigenvalue weighted by Gasteiger charge is -2.36. The predicted octanol–water partition coefficient (Wildman–Crippen LogP) is 16.2. The molecule has 76 heavy (non-hydrogen) atoms. The molecule has 0 fully saturated rings. The molecule has 0 spiro atoms. The maximum Gasteiger partial charge on any atom is 0.179 e. The van der Waals surface area contributed by atoms with Gasteiger partial charge in [-0.3, -0.25) is 0 Å². The van der Waals surface area contributed by atoms with Crippen molar-refractivity contribution in [2.24, 2.45) is 0 Å². The largest absolute Gasteiger partial charge is 0.456 e. The summed E-state index contributed by atoms with van der Waals surface area (Å²) in [7, 11) is -3.32. The molecule has 0 saturated heterocycles. The van der Waals surface area contributed by atoms with Crippen LogP contribution in [0.4, 0.5) is 0 Å². The second-order valence-corrected chi connectivity index (χ2v) is 23.4. The summed E-state index contributed by atoms with van der Waals surface area (Å²) in [6.45, 7) is 0. The van der Waals surface area contributed by atoms with Crippen molar-refractivity contribution in [2.45, 2.75) is 0 Å². The Hall–Kier alpha value is -9.74. The van der Waals surface area contributed by atoms with Gasteiger partial charge in [0.2, 0.25) is 0 Å². The second-order valence-electron chi connectivity index (χ2n) is 19.6. The minimum atomic E-state index is -3.32. The van der Waals surface area contributed by atoms with Crippen LogP contribution in [0.2, 0.25) is 0 Å². The van der Waals surface area contributed by atoms with E-state index < -0.39 is 26.2 Å². The third-order valence-electron chi connectivity index (χ3n) is 15.5. The van der Waals surface area contributed by atoms with Crippen LogP contribution < -0.4 is 20.7 Å². The predicted molar refractivity (Wildman–Crippen MR) is 322 cm³/mol. The molecule has 0 N–H and O–H groups in total. The maximum absolute atomic E-state index is 9.82. The monoisotopic (exact) mass is 989 g/mol. The molecule has 0 saturated carbocycles. The average molecular weight is 990 g/mol. The molecule has 0 amide bonds. The Kier molecular flexibility index (Phi) is 9.06. The van der Waals surface area contributed by atoms with E-state index in [1.807, 2.05) is 48.5 Å². The number of nitrogens with zero attached hydrogens (tertiary/aromatic N) is 2. The van der Waals surface area contributed by atoms with Crippen LogP contribution >= 0.6 is 0 Å². The van der Waals surface area contributed by atoms with Gasteiger partial charge in [0.1, 0.15) is 11.2 Å². The lowest BCUT2D eigenvalue weighted by Crippen LogP contribution is -2.74. The summed E-state index contributed by atoms with van der Waals surface area (Å²) in [5.74, 6) is 0. The normalized spacial score (nSPS) is 12.9. The Morgan fingerprint density at radius 3 is 1.51 bits per heavy atom. The number of benzene rings is 12. The first kappa shape index (κ1) is 38.8. The van der Waals surface area contributed by atoms with E-state index in [9.17, 15) is 5.48 Å². The van der Waals surface area contributed by atoms with Crippen LogP contribution in [0.3, 0.4) is 0 Å². The van der Waals surface area contributed by atoms with Gasteiger partial charge in [0, 0.05) is 54.7 Å². The molecule has 12 aromatic carbocycles. The Balaban J connectivity index is 1.06. The minimum absolute atomic E-state index is 0.133. The van der Waals surface area contributed by atoms with Gasteiger partial charge in [0.15, 0.2) is 8.07 Å². The molecule has 3 nitrogen and oxygen atoms in total. The van der Waals surface area contributed by atoms with Gasteiger partial charge in [0.25, 0.3) is 0 Å². The highest BCUT2D eigenvalue weighted by Crippen LogP contribution is 2.44. The Labute approximate surface area is 448 Å². The summed E-state index contributed by atoms with van der Waals surface area (Å²) >= 11 is 0. The van der Waals surface area contributed by atoms with Gasteiger partial charge >= 0.3 is 0 Å². The molecule has 0 bridgehead atoms. The van der Waals surface area contributed by atoms with E-state index in [-0.39, 0.29) is 17.6 Å². The number of fused-ring (bicyclic) bond motifs is 9. The fourth-order valence-electron chi connectivity index (χ4n) is 12.3. The van der Waals surface area contributed by atoms with Crippen LogP contribution in [0.1, 0.15) is 6.85 Å². The first-order valence-corrected chi connectivity index (χ1v) is 27.7. The van der Waals surface area contributed by atoms with E-state index in [2.05, 4.69) is 221 Å². The van der Waals surface area contributed by atoms with Gasteiger partial charge in [-0.05, 0) is 86.0 Å². The summed E-state index contributed by atoms with van der Waals surface area (Å²) in [5, 5.41) is 10.9. The highest BCUT2D eigenvalue weighted by Gasteiger charge is 2.42. The first-order valence-electron chi connectivity index (χ1n) is 28.2. The van der Waals surface area contributed by atoms with E-state index in [1.54, 1.807) is 0 Å². The number of para-hydroxylation sites is 4. The van der Waals surface area contributed by atoms with Gasteiger partial charge in [-0.2, -0.15) is 0 Å². The molecule has 0 radical (unpaired) electrons. The summed E-state index contributed by atoms with van der Waals surface area (Å²) in [5.41, 5.74) is 12.0. The first-order chi connectivity index (χ1) is 39.8. The standard InChI is InChI=1S/C72H48N2OSi/c1-6-23-49(24-7-1)62-47-56(76(53-27-10-3-11-28-53,54-29-12-4-13-30-54)55-31-14-5-15-32-55)48-63(50-25-8-2-9-26-50)72(62)74-67-39-20-17-34-59(67)64-46-52(42-43-68(64)74)73-66-38-19-16-33-58(66)61-37-22-36-57(71(61)73)51-41-44-70-65(45-51)60-35-18-21-40-69(60)75-70/h1-48H/i1D,6D,7D,23D,24D. The van der Waals surface area contributed by atoms with Crippen molar-refractivity contribution in [2.75, 3.05) is 0 Å². The second kappa shape index (κ2) is 17.7. The van der Waals surface area contributed by atoms with Crippen LogP contribution in [0.5, 0.6) is 0 Å². The van der Waals surface area contributed by atoms with Gasteiger partial charge in [-0.15, -0.1) is 0 Å². The van der Waals surface area contributed by atoms with Crippen molar-refractivity contribution in [3.05, 3.63) is 291 Å². The Morgan fingerprint density at radius 1 is 0.316 bits per heavy atom. The molecule has 356 valence electrons. The summed E-state index contributed by atoms with van der Waals surface area (Å²) in [4.78, 5) is 0. The van der Waals surface area contributed by atoms with Crippen LogP contribution in [-0.2, 0) is 0 Å². The van der Waals surface area contributed by atoms with E-state index >= 15 is 0 Å². The van der Waals surface area contributed by atoms with Crippen LogP contribution in [0.25, 0.3) is 110 Å². The van der Waals surface area contributed by atoms with Crippen molar-refractivity contribution >= 4 is 94.4 Å². The third-order valence-corrected chi connectivity index (χ3v) is 20.3. The zero-order valence-electron chi connectivity index (χ0n) is 46.1. The van der Waals surface area contributed by atoms with Gasteiger partial charge in [-0.1, -0.05) is 243 Å². The van der Waals surface area contributed by atoms with Crippen molar-refractivity contribution in [3.8, 4) is 44.8 Å². The van der Waals surface area contributed by atoms with Gasteiger partial charge in [-0.25, -0.2) is 0 Å². The number of rotatable bonds is 9. The summed E-state index contributed by atoms with van der Waals surface area (Å²) in [6.07, 6.45) is 0.